The Morgan fingerprint density at radius 1 is 0.941 bits per heavy atom. The summed E-state index contributed by atoms with van der Waals surface area (Å²) in [5, 5.41) is 1.87. The fourth-order valence-corrected chi connectivity index (χ4v) is 5.31. The van der Waals surface area contributed by atoms with Gasteiger partial charge in [-0.15, -0.1) is 13.2 Å². The molecule has 0 saturated carbocycles. The molecule has 0 atom stereocenters. The zero-order valence-electron chi connectivity index (χ0n) is 18.4. The van der Waals surface area contributed by atoms with Crippen LogP contribution in [0.25, 0.3) is 10.8 Å². The van der Waals surface area contributed by atoms with Crippen molar-refractivity contribution in [3.8, 4) is 5.75 Å². The Hall–Kier alpha value is -2.82. The van der Waals surface area contributed by atoms with Crippen molar-refractivity contribution in [1.82, 2.24) is 4.90 Å². The number of hydrogen-bond acceptors (Lipinski definition) is 5. The first-order valence-electron chi connectivity index (χ1n) is 10.8. The van der Waals surface area contributed by atoms with E-state index >= 15 is 0 Å². The molecule has 1 saturated heterocycles. The van der Waals surface area contributed by atoms with Gasteiger partial charge in [0.1, 0.15) is 5.75 Å². The molecule has 182 valence electrons. The van der Waals surface area contributed by atoms with E-state index in [4.69, 9.17) is 4.74 Å². The van der Waals surface area contributed by atoms with Gasteiger partial charge in [0.25, 0.3) is 0 Å². The van der Waals surface area contributed by atoms with Crippen LogP contribution in [0.3, 0.4) is 0 Å². The number of sulfonamides is 1. The summed E-state index contributed by atoms with van der Waals surface area (Å²) in [6.45, 7) is 2.84. The van der Waals surface area contributed by atoms with E-state index in [9.17, 15) is 21.6 Å². The highest BCUT2D eigenvalue weighted by molar-refractivity contribution is 7.92. The molecule has 0 N–H and O–H groups in total. The second-order valence-electron chi connectivity index (χ2n) is 8.00. The summed E-state index contributed by atoms with van der Waals surface area (Å²) in [5.74, 6) is -0.446. The smallest absolute Gasteiger partial charge is 0.406 e. The van der Waals surface area contributed by atoms with Crippen molar-refractivity contribution in [3.63, 3.8) is 0 Å². The number of alkyl halides is 3. The quantitative estimate of drug-likeness (QED) is 0.465. The van der Waals surface area contributed by atoms with E-state index in [-0.39, 0.29) is 18.0 Å². The zero-order valence-corrected chi connectivity index (χ0v) is 19.2. The van der Waals surface area contributed by atoms with Gasteiger partial charge in [0, 0.05) is 19.6 Å². The first kappa shape index (κ1) is 24.3. The predicted molar refractivity (Wildman–Crippen MR) is 124 cm³/mol. The van der Waals surface area contributed by atoms with Gasteiger partial charge in [-0.25, -0.2) is 8.42 Å². The highest BCUT2D eigenvalue weighted by Gasteiger charge is 2.31. The SMILES string of the molecule is O=S(=O)(CCN1CCOCC1)N(Cc1ccc(OC(F)(F)F)cc1)c1ccc2ccccc2c1. The molecule has 3 aromatic carbocycles. The number of fused-ring (bicyclic) bond motifs is 1. The number of halogens is 3. The van der Waals surface area contributed by atoms with Crippen LogP contribution in [0.1, 0.15) is 5.56 Å². The van der Waals surface area contributed by atoms with Crippen LogP contribution in [-0.2, 0) is 21.3 Å². The van der Waals surface area contributed by atoms with Crippen LogP contribution in [0, 0.1) is 0 Å². The van der Waals surface area contributed by atoms with Gasteiger partial charge in [-0.3, -0.25) is 9.21 Å². The molecule has 0 unspecified atom stereocenters. The Balaban J connectivity index is 1.60. The summed E-state index contributed by atoms with van der Waals surface area (Å²) in [6.07, 6.45) is -4.79. The molecule has 1 aliphatic rings. The fourth-order valence-electron chi connectivity index (χ4n) is 3.82. The van der Waals surface area contributed by atoms with Crippen LogP contribution in [0.5, 0.6) is 5.75 Å². The summed E-state index contributed by atoms with van der Waals surface area (Å²) in [5.41, 5.74) is 1.04. The molecule has 0 spiro atoms. The molecule has 34 heavy (non-hydrogen) atoms. The predicted octanol–water partition coefficient (Wildman–Crippen LogP) is 4.41. The van der Waals surface area contributed by atoms with E-state index in [0.717, 1.165) is 10.8 Å². The van der Waals surface area contributed by atoms with Gasteiger partial charge in [0.2, 0.25) is 10.0 Å². The van der Waals surface area contributed by atoms with E-state index in [1.165, 1.54) is 28.6 Å². The lowest BCUT2D eigenvalue weighted by atomic mass is 10.1. The number of ether oxygens (including phenoxy) is 2. The summed E-state index contributed by atoms with van der Waals surface area (Å²) < 4.78 is 74.9. The third-order valence-corrected chi connectivity index (χ3v) is 7.32. The van der Waals surface area contributed by atoms with Crippen molar-refractivity contribution in [2.75, 3.05) is 42.9 Å². The average Bonchev–Trinajstić information content (AvgIpc) is 2.81. The molecule has 0 aliphatic carbocycles. The molecule has 3 aromatic rings. The van der Waals surface area contributed by atoms with Crippen molar-refractivity contribution < 1.29 is 31.1 Å². The molecule has 0 bridgehead atoms. The molecular formula is C24H25F3N2O4S. The molecule has 1 fully saturated rings. The number of benzene rings is 3. The van der Waals surface area contributed by atoms with Gasteiger partial charge in [-0.2, -0.15) is 0 Å². The summed E-state index contributed by atoms with van der Waals surface area (Å²) >= 11 is 0. The Labute approximate surface area is 196 Å². The maximum Gasteiger partial charge on any atom is 0.573 e. The number of hydrogen-bond donors (Lipinski definition) is 0. The minimum Gasteiger partial charge on any atom is -0.406 e. The van der Waals surface area contributed by atoms with E-state index in [1.807, 2.05) is 41.3 Å². The minimum atomic E-state index is -4.79. The van der Waals surface area contributed by atoms with Crippen LogP contribution in [0.15, 0.2) is 66.7 Å². The number of nitrogens with zero attached hydrogens (tertiary/aromatic N) is 2. The first-order valence-corrected chi connectivity index (χ1v) is 12.4. The lowest BCUT2D eigenvalue weighted by Gasteiger charge is -2.29. The summed E-state index contributed by atoms with van der Waals surface area (Å²) in [6, 6.07) is 18.3. The van der Waals surface area contributed by atoms with Crippen LogP contribution in [0.2, 0.25) is 0 Å². The molecule has 0 amide bonds. The van der Waals surface area contributed by atoms with Crippen LogP contribution in [-0.4, -0.2) is 58.3 Å². The standard InChI is InChI=1S/C24H25F3N2O4S/c25-24(26,27)33-23-9-5-19(6-10-23)18-29(22-8-7-20-3-1-2-4-21(20)17-22)34(30,31)16-13-28-11-14-32-15-12-28/h1-10,17H,11-16,18H2. The molecular weight excluding hydrogens is 469 g/mol. The zero-order chi connectivity index (χ0) is 24.2. The van der Waals surface area contributed by atoms with Crippen LogP contribution in [0.4, 0.5) is 18.9 Å². The maximum absolute atomic E-state index is 13.5. The van der Waals surface area contributed by atoms with Crippen molar-refractivity contribution in [2.24, 2.45) is 0 Å². The lowest BCUT2D eigenvalue weighted by molar-refractivity contribution is -0.274. The molecule has 1 aliphatic heterocycles. The van der Waals surface area contributed by atoms with Gasteiger partial charge in [-0.1, -0.05) is 42.5 Å². The summed E-state index contributed by atoms with van der Waals surface area (Å²) in [4.78, 5) is 2.04. The Morgan fingerprint density at radius 3 is 2.29 bits per heavy atom. The van der Waals surface area contributed by atoms with Gasteiger partial charge < -0.3 is 9.47 Å². The molecule has 0 aromatic heterocycles. The van der Waals surface area contributed by atoms with Crippen molar-refractivity contribution in [2.45, 2.75) is 12.9 Å². The second-order valence-corrected chi connectivity index (χ2v) is 10.0. The molecule has 0 radical (unpaired) electrons. The topological polar surface area (TPSA) is 59.1 Å². The molecule has 1 heterocycles. The van der Waals surface area contributed by atoms with E-state index in [0.29, 0.717) is 44.1 Å². The van der Waals surface area contributed by atoms with Crippen LogP contribution < -0.4 is 9.04 Å². The van der Waals surface area contributed by atoms with Gasteiger partial charge in [-0.05, 0) is 40.6 Å². The largest absolute Gasteiger partial charge is 0.573 e. The highest BCUT2D eigenvalue weighted by Crippen LogP contribution is 2.28. The molecule has 10 heteroatoms. The van der Waals surface area contributed by atoms with Gasteiger partial charge >= 0.3 is 6.36 Å². The van der Waals surface area contributed by atoms with Crippen molar-refractivity contribution in [3.05, 3.63) is 72.3 Å². The number of anilines is 1. The Kier molecular flexibility index (Phi) is 7.30. The van der Waals surface area contributed by atoms with Crippen molar-refractivity contribution in [1.29, 1.82) is 0 Å². The van der Waals surface area contributed by atoms with E-state index in [1.54, 1.807) is 6.07 Å². The Bertz CT molecular complexity index is 1210. The normalized spacial score (nSPS) is 15.4. The summed E-state index contributed by atoms with van der Waals surface area (Å²) in [7, 11) is -3.74. The third-order valence-electron chi connectivity index (χ3n) is 5.61. The number of morpholine rings is 1. The van der Waals surface area contributed by atoms with Crippen LogP contribution >= 0.6 is 0 Å². The fraction of sp³-hybridized carbons (Fsp3) is 0.333. The van der Waals surface area contributed by atoms with Gasteiger partial charge in [0.05, 0.1) is 31.2 Å². The highest BCUT2D eigenvalue weighted by atomic mass is 32.2. The molecule has 6 nitrogen and oxygen atoms in total. The maximum atomic E-state index is 13.5. The van der Waals surface area contributed by atoms with Gasteiger partial charge in [0.15, 0.2) is 0 Å². The minimum absolute atomic E-state index is 0.0178. The van der Waals surface area contributed by atoms with E-state index < -0.39 is 16.4 Å². The third kappa shape index (κ3) is 6.40. The average molecular weight is 495 g/mol. The monoisotopic (exact) mass is 494 g/mol. The first-order chi connectivity index (χ1) is 16.2. The lowest BCUT2D eigenvalue weighted by Crippen LogP contribution is -2.42. The van der Waals surface area contributed by atoms with Crippen molar-refractivity contribution >= 4 is 26.5 Å². The Morgan fingerprint density at radius 2 is 1.62 bits per heavy atom. The van der Waals surface area contributed by atoms with E-state index in [2.05, 4.69) is 4.74 Å². The second kappa shape index (κ2) is 10.2. The molecule has 4 rings (SSSR count). The number of rotatable bonds is 8.